The Hall–Kier alpha value is -0.770. The van der Waals surface area contributed by atoms with Crippen LogP contribution in [0.1, 0.15) is 60.3 Å². The first kappa shape index (κ1) is 17.3. The van der Waals surface area contributed by atoms with Crippen LogP contribution >= 0.6 is 0 Å². The Morgan fingerprint density at radius 2 is 2.05 bits per heavy atom. The van der Waals surface area contributed by atoms with Crippen molar-refractivity contribution in [2.24, 2.45) is 11.3 Å². The Kier molecular flexibility index (Phi) is 6.31. The molecule has 0 spiro atoms. The highest BCUT2D eigenvalue weighted by molar-refractivity contribution is 5.74. The van der Waals surface area contributed by atoms with E-state index in [1.54, 1.807) is 6.92 Å². The fourth-order valence-electron chi connectivity index (χ4n) is 3.10. The lowest BCUT2D eigenvalue weighted by Gasteiger charge is -2.32. The Morgan fingerprint density at radius 3 is 2.65 bits per heavy atom. The second-order valence-corrected chi connectivity index (χ2v) is 7.41. The lowest BCUT2D eigenvalue weighted by atomic mass is 9.87. The highest BCUT2D eigenvalue weighted by atomic mass is 16.3. The molecule has 1 aliphatic rings. The average molecular weight is 284 g/mol. The summed E-state index contributed by atoms with van der Waals surface area (Å²) < 4.78 is 0. The maximum atomic E-state index is 12.4. The van der Waals surface area contributed by atoms with Crippen LogP contribution in [0.3, 0.4) is 0 Å². The normalized spacial score (nSPS) is 26.0. The average Bonchev–Trinajstić information content (AvgIpc) is 2.47. The molecule has 1 saturated heterocycles. The van der Waals surface area contributed by atoms with Crippen LogP contribution in [0.5, 0.6) is 0 Å². The summed E-state index contributed by atoms with van der Waals surface area (Å²) in [7, 11) is 0. The number of urea groups is 1. The zero-order valence-electron chi connectivity index (χ0n) is 13.8. The first-order chi connectivity index (χ1) is 9.21. The van der Waals surface area contributed by atoms with Gasteiger partial charge in [-0.2, -0.15) is 0 Å². The molecule has 0 aliphatic carbocycles. The number of nitrogens with zero attached hydrogens (tertiary/aromatic N) is 1. The van der Waals surface area contributed by atoms with Crippen LogP contribution in [0.15, 0.2) is 0 Å². The number of nitrogens with one attached hydrogen (secondary N) is 1. The molecule has 0 saturated carbocycles. The molecular formula is C16H32N2O2. The van der Waals surface area contributed by atoms with Gasteiger partial charge in [-0.25, -0.2) is 4.79 Å². The zero-order chi connectivity index (χ0) is 15.3. The topological polar surface area (TPSA) is 52.6 Å². The van der Waals surface area contributed by atoms with Crippen molar-refractivity contribution in [2.45, 2.75) is 72.4 Å². The number of hydrogen-bond donors (Lipinski definition) is 2. The van der Waals surface area contributed by atoms with Crippen LogP contribution < -0.4 is 5.32 Å². The van der Waals surface area contributed by atoms with Gasteiger partial charge >= 0.3 is 6.03 Å². The van der Waals surface area contributed by atoms with Crippen molar-refractivity contribution in [3.8, 4) is 0 Å². The lowest BCUT2D eigenvalue weighted by molar-refractivity contribution is 0.124. The van der Waals surface area contributed by atoms with Gasteiger partial charge in [0.25, 0.3) is 0 Å². The van der Waals surface area contributed by atoms with E-state index < -0.39 is 0 Å². The summed E-state index contributed by atoms with van der Waals surface area (Å²) in [5.74, 6) is 0.580. The van der Waals surface area contributed by atoms with Gasteiger partial charge in [-0.05, 0) is 44.4 Å². The molecule has 1 fully saturated rings. The van der Waals surface area contributed by atoms with Crippen molar-refractivity contribution in [3.63, 3.8) is 0 Å². The summed E-state index contributed by atoms with van der Waals surface area (Å²) in [6, 6.07) is 0.366. The van der Waals surface area contributed by atoms with Crippen LogP contribution in [0.4, 0.5) is 4.79 Å². The summed E-state index contributed by atoms with van der Waals surface area (Å²) in [6.45, 7) is 11.8. The number of aliphatic hydroxyl groups is 1. The van der Waals surface area contributed by atoms with Crippen molar-refractivity contribution in [2.75, 3.05) is 13.1 Å². The minimum atomic E-state index is -0.334. The fraction of sp³-hybridized carbons (Fsp3) is 0.938. The third-order valence-corrected chi connectivity index (χ3v) is 4.19. The van der Waals surface area contributed by atoms with E-state index in [2.05, 4.69) is 33.0 Å². The summed E-state index contributed by atoms with van der Waals surface area (Å²) in [5, 5.41) is 12.5. The first-order valence-corrected chi connectivity index (χ1v) is 7.94. The SMILES string of the molecule is C[C@H]1CCC[C@H](C)N(C(=O)NCC(C)(C)C[C@H](C)O)C1. The van der Waals surface area contributed by atoms with Gasteiger partial charge in [0.05, 0.1) is 6.10 Å². The second kappa shape index (κ2) is 7.30. The molecule has 0 radical (unpaired) electrons. The summed E-state index contributed by atoms with van der Waals surface area (Å²) in [6.07, 6.45) is 3.87. The molecule has 4 nitrogen and oxygen atoms in total. The van der Waals surface area contributed by atoms with Crippen LogP contribution in [0.2, 0.25) is 0 Å². The van der Waals surface area contributed by atoms with E-state index in [0.29, 0.717) is 24.9 Å². The van der Waals surface area contributed by atoms with Gasteiger partial charge in [-0.15, -0.1) is 0 Å². The van der Waals surface area contributed by atoms with Crippen molar-refractivity contribution >= 4 is 6.03 Å². The molecule has 1 heterocycles. The van der Waals surface area contributed by atoms with Gasteiger partial charge in [0.2, 0.25) is 0 Å². The Balaban J connectivity index is 2.52. The Morgan fingerprint density at radius 1 is 1.40 bits per heavy atom. The van der Waals surface area contributed by atoms with Gasteiger partial charge in [0, 0.05) is 19.1 Å². The number of rotatable bonds is 4. The molecule has 1 rings (SSSR count). The molecular weight excluding hydrogens is 252 g/mol. The van der Waals surface area contributed by atoms with Gasteiger partial charge < -0.3 is 15.3 Å². The van der Waals surface area contributed by atoms with Crippen LogP contribution in [0.25, 0.3) is 0 Å². The van der Waals surface area contributed by atoms with Crippen molar-refractivity contribution < 1.29 is 9.90 Å². The van der Waals surface area contributed by atoms with Crippen LogP contribution in [-0.4, -0.2) is 41.3 Å². The highest BCUT2D eigenvalue weighted by Gasteiger charge is 2.27. The Labute approximate surface area is 123 Å². The summed E-state index contributed by atoms with van der Waals surface area (Å²) in [5.41, 5.74) is -0.0788. The molecule has 0 aromatic heterocycles. The molecule has 4 heteroatoms. The Bertz CT molecular complexity index is 316. The predicted octanol–water partition coefficient (Wildman–Crippen LogP) is 3.00. The maximum Gasteiger partial charge on any atom is 0.317 e. The second-order valence-electron chi connectivity index (χ2n) is 7.41. The number of hydrogen-bond acceptors (Lipinski definition) is 2. The smallest absolute Gasteiger partial charge is 0.317 e. The zero-order valence-corrected chi connectivity index (χ0v) is 13.8. The third kappa shape index (κ3) is 5.70. The molecule has 0 bridgehead atoms. The number of carbonyl (C=O) groups is 1. The molecule has 1 aliphatic heterocycles. The van der Waals surface area contributed by atoms with E-state index in [4.69, 9.17) is 0 Å². The monoisotopic (exact) mass is 284 g/mol. The van der Waals surface area contributed by atoms with E-state index >= 15 is 0 Å². The van der Waals surface area contributed by atoms with Crippen molar-refractivity contribution in [1.82, 2.24) is 10.2 Å². The molecule has 3 atom stereocenters. The van der Waals surface area contributed by atoms with Gasteiger partial charge in [-0.3, -0.25) is 0 Å². The molecule has 0 aromatic carbocycles. The van der Waals surface area contributed by atoms with Crippen LogP contribution in [-0.2, 0) is 0 Å². The van der Waals surface area contributed by atoms with E-state index in [9.17, 15) is 9.90 Å². The minimum absolute atomic E-state index is 0.0462. The van der Waals surface area contributed by atoms with E-state index in [1.165, 1.54) is 12.8 Å². The lowest BCUT2D eigenvalue weighted by Crippen LogP contribution is -2.48. The molecule has 2 amide bonds. The number of carbonyl (C=O) groups excluding carboxylic acids is 1. The van der Waals surface area contributed by atoms with E-state index in [0.717, 1.165) is 13.0 Å². The standard InChI is InChI=1S/C16H32N2O2/c1-12-7-6-8-13(2)18(10-12)15(20)17-11-16(4,5)9-14(3)19/h12-14,19H,6-11H2,1-5H3,(H,17,20)/t12-,13-,14-/m0/s1. The van der Waals surface area contributed by atoms with Crippen LogP contribution in [0, 0.1) is 11.3 Å². The number of amides is 2. The van der Waals surface area contributed by atoms with E-state index in [1.807, 2.05) is 4.90 Å². The summed E-state index contributed by atoms with van der Waals surface area (Å²) >= 11 is 0. The molecule has 0 unspecified atom stereocenters. The van der Waals surface area contributed by atoms with Gasteiger partial charge in [-0.1, -0.05) is 27.2 Å². The molecule has 118 valence electrons. The largest absolute Gasteiger partial charge is 0.393 e. The minimum Gasteiger partial charge on any atom is -0.393 e. The van der Waals surface area contributed by atoms with Crippen molar-refractivity contribution in [1.29, 1.82) is 0 Å². The molecule has 0 aromatic rings. The number of aliphatic hydroxyl groups excluding tert-OH is 1. The fourth-order valence-corrected chi connectivity index (χ4v) is 3.10. The molecule has 2 N–H and O–H groups in total. The maximum absolute atomic E-state index is 12.4. The highest BCUT2D eigenvalue weighted by Crippen LogP contribution is 2.23. The molecule has 20 heavy (non-hydrogen) atoms. The van der Waals surface area contributed by atoms with E-state index in [-0.39, 0.29) is 17.6 Å². The van der Waals surface area contributed by atoms with Gasteiger partial charge in [0.15, 0.2) is 0 Å². The predicted molar refractivity (Wildman–Crippen MR) is 82.7 cm³/mol. The quantitative estimate of drug-likeness (QED) is 0.834. The van der Waals surface area contributed by atoms with Gasteiger partial charge in [0.1, 0.15) is 0 Å². The van der Waals surface area contributed by atoms with Crippen molar-refractivity contribution in [3.05, 3.63) is 0 Å². The summed E-state index contributed by atoms with van der Waals surface area (Å²) in [4.78, 5) is 14.4. The third-order valence-electron chi connectivity index (χ3n) is 4.19. The first-order valence-electron chi connectivity index (χ1n) is 7.94. The number of likely N-dealkylation sites (tertiary alicyclic amines) is 1.